The van der Waals surface area contributed by atoms with Gasteiger partial charge in [-0.2, -0.15) is 0 Å². The molecule has 1 aromatic heterocycles. The van der Waals surface area contributed by atoms with Crippen molar-refractivity contribution in [3.63, 3.8) is 0 Å². The molecule has 5 heteroatoms. The minimum Gasteiger partial charge on any atom is -0.497 e. The molecule has 4 nitrogen and oxygen atoms in total. The molecule has 0 amide bonds. The summed E-state index contributed by atoms with van der Waals surface area (Å²) in [4.78, 5) is 15.2. The number of nitrogens with zero attached hydrogens (tertiary/aromatic N) is 1. The normalized spacial score (nSPS) is 10.4. The Morgan fingerprint density at radius 2 is 2.19 bits per heavy atom. The van der Waals surface area contributed by atoms with Crippen LogP contribution < -0.4 is 4.74 Å². The van der Waals surface area contributed by atoms with Gasteiger partial charge in [-0.15, -0.1) is 0 Å². The predicted octanol–water partition coefficient (Wildman–Crippen LogP) is 2.70. The molecule has 0 fully saturated rings. The molecule has 16 heavy (non-hydrogen) atoms. The average molecular weight is 282 g/mol. The summed E-state index contributed by atoms with van der Waals surface area (Å²) >= 11 is 3.18. The number of pyridine rings is 1. The Kier molecular flexibility index (Phi) is 2.78. The zero-order chi connectivity index (χ0) is 11.7. The van der Waals surface area contributed by atoms with Crippen LogP contribution in [0.5, 0.6) is 5.75 Å². The van der Waals surface area contributed by atoms with E-state index in [4.69, 9.17) is 9.84 Å². The summed E-state index contributed by atoms with van der Waals surface area (Å²) in [6.07, 6.45) is 0. The Balaban J connectivity index is 2.78. The molecule has 1 aromatic carbocycles. The van der Waals surface area contributed by atoms with E-state index in [9.17, 15) is 4.79 Å². The van der Waals surface area contributed by atoms with Crippen LogP contribution >= 0.6 is 15.9 Å². The summed E-state index contributed by atoms with van der Waals surface area (Å²) in [5.74, 6) is -0.326. The lowest BCUT2D eigenvalue weighted by molar-refractivity contribution is 0.0699. The van der Waals surface area contributed by atoms with Gasteiger partial charge in [0.2, 0.25) is 0 Å². The molecule has 0 spiro atoms. The van der Waals surface area contributed by atoms with Gasteiger partial charge in [-0.1, -0.05) is 0 Å². The first-order valence-corrected chi connectivity index (χ1v) is 5.28. The first kappa shape index (κ1) is 10.9. The molecule has 0 aliphatic rings. The molecule has 1 heterocycles. The quantitative estimate of drug-likeness (QED) is 0.860. The summed E-state index contributed by atoms with van der Waals surface area (Å²) in [6, 6.07) is 6.59. The first-order chi connectivity index (χ1) is 7.61. The minimum atomic E-state index is -0.974. The molecule has 0 saturated carbocycles. The number of carboxylic acid groups (broad SMARTS) is 1. The van der Waals surface area contributed by atoms with Gasteiger partial charge < -0.3 is 9.84 Å². The number of fused-ring (bicyclic) bond motifs is 1. The van der Waals surface area contributed by atoms with Crippen molar-refractivity contribution in [2.45, 2.75) is 0 Å². The average Bonchev–Trinajstić information content (AvgIpc) is 2.26. The second kappa shape index (κ2) is 4.09. The number of aromatic carboxylic acids is 1. The molecule has 2 aromatic rings. The zero-order valence-electron chi connectivity index (χ0n) is 8.40. The number of aromatic nitrogens is 1. The molecular weight excluding hydrogens is 274 g/mol. The standard InChI is InChI=1S/C11H8BrNO3/c1-16-6-2-3-7-8(11(14)15)5-10(12)13-9(7)4-6/h2-5H,1H3,(H,14,15). The van der Waals surface area contributed by atoms with Crippen molar-refractivity contribution in [1.29, 1.82) is 0 Å². The summed E-state index contributed by atoms with van der Waals surface area (Å²) in [5, 5.41) is 9.65. The number of ether oxygens (including phenoxy) is 1. The fourth-order valence-corrected chi connectivity index (χ4v) is 1.90. The number of carboxylic acids is 1. The fourth-order valence-electron chi connectivity index (χ4n) is 1.48. The number of halogens is 1. The predicted molar refractivity (Wildman–Crippen MR) is 63.0 cm³/mol. The van der Waals surface area contributed by atoms with Crippen LogP contribution in [-0.4, -0.2) is 23.2 Å². The third-order valence-electron chi connectivity index (χ3n) is 2.22. The maximum Gasteiger partial charge on any atom is 0.336 e. The van der Waals surface area contributed by atoms with Crippen LogP contribution in [0.1, 0.15) is 10.4 Å². The monoisotopic (exact) mass is 281 g/mol. The van der Waals surface area contributed by atoms with Gasteiger partial charge in [-0.3, -0.25) is 0 Å². The second-order valence-electron chi connectivity index (χ2n) is 3.18. The molecular formula is C11H8BrNO3. The van der Waals surface area contributed by atoms with Gasteiger partial charge in [0.15, 0.2) is 0 Å². The van der Waals surface area contributed by atoms with Crippen LogP contribution in [0.3, 0.4) is 0 Å². The van der Waals surface area contributed by atoms with E-state index in [1.807, 2.05) is 0 Å². The van der Waals surface area contributed by atoms with Crippen LogP contribution in [-0.2, 0) is 0 Å². The molecule has 0 saturated heterocycles. The summed E-state index contributed by atoms with van der Waals surface area (Å²) in [6.45, 7) is 0. The van der Waals surface area contributed by atoms with Crippen molar-refractivity contribution < 1.29 is 14.6 Å². The maximum absolute atomic E-state index is 11.0. The number of benzene rings is 1. The van der Waals surface area contributed by atoms with Crippen molar-refractivity contribution in [2.75, 3.05) is 7.11 Å². The number of rotatable bonds is 2. The SMILES string of the molecule is COc1ccc2c(C(=O)O)cc(Br)nc2c1. The van der Waals surface area contributed by atoms with Crippen LogP contribution in [0.25, 0.3) is 10.9 Å². The van der Waals surface area contributed by atoms with Gasteiger partial charge in [-0.05, 0) is 34.1 Å². The van der Waals surface area contributed by atoms with E-state index in [0.29, 0.717) is 21.3 Å². The van der Waals surface area contributed by atoms with E-state index >= 15 is 0 Å². The highest BCUT2D eigenvalue weighted by molar-refractivity contribution is 9.10. The van der Waals surface area contributed by atoms with Gasteiger partial charge in [0, 0.05) is 11.5 Å². The van der Waals surface area contributed by atoms with Crippen LogP contribution in [0.15, 0.2) is 28.9 Å². The molecule has 0 radical (unpaired) electrons. The van der Waals surface area contributed by atoms with Gasteiger partial charge in [0.25, 0.3) is 0 Å². The molecule has 0 bridgehead atoms. The van der Waals surface area contributed by atoms with E-state index < -0.39 is 5.97 Å². The third kappa shape index (κ3) is 1.86. The summed E-state index contributed by atoms with van der Waals surface area (Å²) < 4.78 is 5.55. The molecule has 0 aliphatic carbocycles. The molecule has 82 valence electrons. The van der Waals surface area contributed by atoms with Gasteiger partial charge in [0.1, 0.15) is 10.4 Å². The number of carbonyl (C=O) groups is 1. The molecule has 0 aliphatic heterocycles. The Labute approximate surface area is 100.0 Å². The van der Waals surface area contributed by atoms with Crippen LogP contribution in [0, 0.1) is 0 Å². The Morgan fingerprint density at radius 1 is 1.44 bits per heavy atom. The van der Waals surface area contributed by atoms with Crippen LogP contribution in [0.2, 0.25) is 0 Å². The number of methoxy groups -OCH3 is 1. The molecule has 1 N–H and O–H groups in total. The third-order valence-corrected chi connectivity index (χ3v) is 2.62. The van der Waals surface area contributed by atoms with Crippen molar-refractivity contribution in [1.82, 2.24) is 4.98 Å². The lowest BCUT2D eigenvalue weighted by atomic mass is 10.1. The highest BCUT2D eigenvalue weighted by Gasteiger charge is 2.11. The largest absolute Gasteiger partial charge is 0.497 e. The van der Waals surface area contributed by atoms with Crippen molar-refractivity contribution in [2.24, 2.45) is 0 Å². The molecule has 0 unspecified atom stereocenters. The van der Waals surface area contributed by atoms with Crippen molar-refractivity contribution in [3.05, 3.63) is 34.4 Å². The Morgan fingerprint density at radius 3 is 2.81 bits per heavy atom. The van der Waals surface area contributed by atoms with Gasteiger partial charge in [-0.25, -0.2) is 9.78 Å². The topological polar surface area (TPSA) is 59.4 Å². The lowest BCUT2D eigenvalue weighted by Crippen LogP contribution is -1.99. The number of hydrogen-bond donors (Lipinski definition) is 1. The minimum absolute atomic E-state index is 0.222. The second-order valence-corrected chi connectivity index (χ2v) is 3.99. The van der Waals surface area contributed by atoms with E-state index in [-0.39, 0.29) is 5.56 Å². The fraction of sp³-hybridized carbons (Fsp3) is 0.0909. The summed E-state index contributed by atoms with van der Waals surface area (Å²) in [5.41, 5.74) is 0.811. The highest BCUT2D eigenvalue weighted by atomic mass is 79.9. The van der Waals surface area contributed by atoms with Gasteiger partial charge in [0.05, 0.1) is 18.2 Å². The lowest BCUT2D eigenvalue weighted by Gasteiger charge is -2.05. The van der Waals surface area contributed by atoms with Crippen molar-refractivity contribution in [3.8, 4) is 5.75 Å². The van der Waals surface area contributed by atoms with E-state index in [1.54, 1.807) is 25.3 Å². The number of hydrogen-bond acceptors (Lipinski definition) is 3. The zero-order valence-corrected chi connectivity index (χ0v) is 9.98. The van der Waals surface area contributed by atoms with E-state index in [0.717, 1.165) is 0 Å². The first-order valence-electron chi connectivity index (χ1n) is 4.49. The van der Waals surface area contributed by atoms with E-state index in [2.05, 4.69) is 20.9 Å². The van der Waals surface area contributed by atoms with E-state index in [1.165, 1.54) is 6.07 Å². The van der Waals surface area contributed by atoms with Crippen molar-refractivity contribution >= 4 is 32.8 Å². The smallest absolute Gasteiger partial charge is 0.336 e. The summed E-state index contributed by atoms with van der Waals surface area (Å²) in [7, 11) is 1.55. The molecule has 0 atom stereocenters. The maximum atomic E-state index is 11.0. The Bertz CT molecular complexity index is 568. The molecule has 2 rings (SSSR count). The highest BCUT2D eigenvalue weighted by Crippen LogP contribution is 2.24. The van der Waals surface area contributed by atoms with Gasteiger partial charge >= 0.3 is 5.97 Å². The Hall–Kier alpha value is -1.62. The van der Waals surface area contributed by atoms with Crippen LogP contribution in [0.4, 0.5) is 0 Å².